The summed E-state index contributed by atoms with van der Waals surface area (Å²) in [6, 6.07) is 3.83. The fourth-order valence-electron chi connectivity index (χ4n) is 1.05. The standard InChI is InChI=1S/C12H14N2/c1-3-5-11(6-4-2)14-12-7-9-13-10-8-12/h3-10H,1H2,2H3,(H,13,14)/b6-4-,11-5+. The summed E-state index contributed by atoms with van der Waals surface area (Å²) in [6.07, 6.45) is 11.1. The van der Waals surface area contributed by atoms with Gasteiger partial charge in [-0.15, -0.1) is 0 Å². The molecule has 0 atom stereocenters. The quantitative estimate of drug-likeness (QED) is 0.731. The predicted octanol–water partition coefficient (Wildman–Crippen LogP) is 3.14. The number of aromatic nitrogens is 1. The van der Waals surface area contributed by atoms with Crippen LogP contribution < -0.4 is 5.32 Å². The predicted molar refractivity (Wildman–Crippen MR) is 61.0 cm³/mol. The molecule has 0 amide bonds. The van der Waals surface area contributed by atoms with Crippen molar-refractivity contribution < 1.29 is 0 Å². The zero-order valence-electron chi connectivity index (χ0n) is 8.27. The largest absolute Gasteiger partial charge is 0.355 e. The van der Waals surface area contributed by atoms with E-state index in [1.807, 2.05) is 37.3 Å². The lowest BCUT2D eigenvalue weighted by atomic mass is 10.3. The maximum absolute atomic E-state index is 3.95. The Morgan fingerprint density at radius 2 is 2.14 bits per heavy atom. The minimum Gasteiger partial charge on any atom is -0.355 e. The van der Waals surface area contributed by atoms with E-state index < -0.39 is 0 Å². The monoisotopic (exact) mass is 186 g/mol. The molecule has 2 nitrogen and oxygen atoms in total. The Morgan fingerprint density at radius 1 is 1.43 bits per heavy atom. The van der Waals surface area contributed by atoms with Gasteiger partial charge in [0.1, 0.15) is 0 Å². The molecule has 1 aromatic heterocycles. The first-order valence-corrected chi connectivity index (χ1v) is 4.49. The van der Waals surface area contributed by atoms with Gasteiger partial charge in [0.05, 0.1) is 0 Å². The molecule has 14 heavy (non-hydrogen) atoms. The number of hydrogen-bond acceptors (Lipinski definition) is 2. The number of allylic oxidation sites excluding steroid dienone is 4. The summed E-state index contributed by atoms with van der Waals surface area (Å²) >= 11 is 0. The van der Waals surface area contributed by atoms with Crippen molar-refractivity contribution in [2.45, 2.75) is 6.92 Å². The van der Waals surface area contributed by atoms with Crippen LogP contribution in [0.5, 0.6) is 0 Å². The summed E-state index contributed by atoms with van der Waals surface area (Å²) in [5, 5.41) is 3.24. The molecule has 1 N–H and O–H groups in total. The van der Waals surface area contributed by atoms with Gasteiger partial charge in [-0.25, -0.2) is 0 Å². The molecule has 0 aromatic carbocycles. The average Bonchev–Trinajstić information content (AvgIpc) is 2.20. The topological polar surface area (TPSA) is 24.9 Å². The fourth-order valence-corrected chi connectivity index (χ4v) is 1.05. The molecule has 2 heteroatoms. The third kappa shape index (κ3) is 3.27. The molecule has 1 heterocycles. The Balaban J connectivity index is 2.75. The van der Waals surface area contributed by atoms with Crippen molar-refractivity contribution in [3.8, 4) is 0 Å². The number of nitrogens with zero attached hydrogens (tertiary/aromatic N) is 1. The highest BCUT2D eigenvalue weighted by molar-refractivity contribution is 5.50. The lowest BCUT2D eigenvalue weighted by Crippen LogP contribution is -1.95. The molecule has 0 aliphatic rings. The van der Waals surface area contributed by atoms with E-state index in [-0.39, 0.29) is 0 Å². The van der Waals surface area contributed by atoms with E-state index in [0.29, 0.717) is 0 Å². The average molecular weight is 186 g/mol. The summed E-state index contributed by atoms with van der Waals surface area (Å²) in [4.78, 5) is 3.95. The van der Waals surface area contributed by atoms with Gasteiger partial charge < -0.3 is 5.32 Å². The number of pyridine rings is 1. The lowest BCUT2D eigenvalue weighted by Gasteiger charge is -2.05. The first-order chi connectivity index (χ1) is 6.86. The van der Waals surface area contributed by atoms with E-state index in [4.69, 9.17) is 0 Å². The van der Waals surface area contributed by atoms with Crippen molar-refractivity contribution in [1.29, 1.82) is 0 Å². The maximum Gasteiger partial charge on any atom is 0.0415 e. The van der Waals surface area contributed by atoms with Crippen molar-refractivity contribution in [3.63, 3.8) is 0 Å². The molecule has 0 aliphatic heterocycles. The molecular formula is C12H14N2. The summed E-state index contributed by atoms with van der Waals surface area (Å²) in [5.41, 5.74) is 2.03. The second-order valence-electron chi connectivity index (χ2n) is 2.72. The first-order valence-electron chi connectivity index (χ1n) is 4.49. The summed E-state index contributed by atoms with van der Waals surface area (Å²) in [5.74, 6) is 0. The van der Waals surface area contributed by atoms with E-state index in [2.05, 4.69) is 16.9 Å². The van der Waals surface area contributed by atoms with E-state index in [0.717, 1.165) is 11.4 Å². The van der Waals surface area contributed by atoms with Crippen LogP contribution in [0.15, 0.2) is 61.1 Å². The number of anilines is 1. The van der Waals surface area contributed by atoms with Crippen molar-refractivity contribution in [2.75, 3.05) is 5.32 Å². The van der Waals surface area contributed by atoms with Gasteiger partial charge in [-0.05, 0) is 31.2 Å². The molecule has 1 rings (SSSR count). The molecule has 1 aromatic rings. The van der Waals surface area contributed by atoms with Crippen LogP contribution in [0.2, 0.25) is 0 Å². The summed E-state index contributed by atoms with van der Waals surface area (Å²) in [7, 11) is 0. The van der Waals surface area contributed by atoms with Crippen LogP contribution in [-0.4, -0.2) is 4.98 Å². The SMILES string of the molecule is C=C/C=C(\C=C/C)Nc1ccncc1. The second-order valence-corrected chi connectivity index (χ2v) is 2.72. The highest BCUT2D eigenvalue weighted by Gasteiger charge is 1.91. The van der Waals surface area contributed by atoms with Crippen LogP contribution >= 0.6 is 0 Å². The number of rotatable bonds is 4. The Morgan fingerprint density at radius 3 is 2.71 bits per heavy atom. The highest BCUT2D eigenvalue weighted by Crippen LogP contribution is 2.08. The molecule has 0 spiro atoms. The molecule has 0 saturated heterocycles. The zero-order valence-corrected chi connectivity index (χ0v) is 8.27. The van der Waals surface area contributed by atoms with Crippen LogP contribution in [-0.2, 0) is 0 Å². The van der Waals surface area contributed by atoms with E-state index in [1.54, 1.807) is 18.5 Å². The Labute approximate surface area is 84.7 Å². The molecule has 0 radical (unpaired) electrons. The molecule has 0 bridgehead atoms. The van der Waals surface area contributed by atoms with E-state index in [9.17, 15) is 0 Å². The van der Waals surface area contributed by atoms with Gasteiger partial charge in [0.2, 0.25) is 0 Å². The van der Waals surface area contributed by atoms with Crippen LogP contribution in [0.4, 0.5) is 5.69 Å². The lowest BCUT2D eigenvalue weighted by molar-refractivity contribution is 1.32. The Bertz CT molecular complexity index is 337. The Hall–Kier alpha value is -1.83. The third-order valence-corrected chi connectivity index (χ3v) is 1.61. The molecule has 0 unspecified atom stereocenters. The van der Waals surface area contributed by atoms with Crippen LogP contribution in [0.25, 0.3) is 0 Å². The normalized spacial score (nSPS) is 11.6. The van der Waals surface area contributed by atoms with Gasteiger partial charge >= 0.3 is 0 Å². The van der Waals surface area contributed by atoms with Crippen molar-refractivity contribution >= 4 is 5.69 Å². The van der Waals surface area contributed by atoms with Crippen LogP contribution in [0.1, 0.15) is 6.92 Å². The molecule has 72 valence electrons. The van der Waals surface area contributed by atoms with Crippen LogP contribution in [0.3, 0.4) is 0 Å². The number of hydrogen-bond donors (Lipinski definition) is 1. The molecular weight excluding hydrogens is 172 g/mol. The smallest absolute Gasteiger partial charge is 0.0415 e. The van der Waals surface area contributed by atoms with Gasteiger partial charge in [-0.3, -0.25) is 4.98 Å². The van der Waals surface area contributed by atoms with Gasteiger partial charge in [0.25, 0.3) is 0 Å². The minimum absolute atomic E-state index is 1.01. The number of nitrogens with one attached hydrogen (secondary N) is 1. The van der Waals surface area contributed by atoms with Gasteiger partial charge in [-0.2, -0.15) is 0 Å². The molecule has 0 fully saturated rings. The van der Waals surface area contributed by atoms with Crippen LogP contribution in [0, 0.1) is 0 Å². The van der Waals surface area contributed by atoms with E-state index in [1.165, 1.54) is 0 Å². The maximum atomic E-state index is 3.95. The second kappa shape index (κ2) is 5.75. The third-order valence-electron chi connectivity index (χ3n) is 1.61. The zero-order chi connectivity index (χ0) is 10.2. The van der Waals surface area contributed by atoms with E-state index >= 15 is 0 Å². The van der Waals surface area contributed by atoms with Crippen molar-refractivity contribution in [2.24, 2.45) is 0 Å². The van der Waals surface area contributed by atoms with Crippen molar-refractivity contribution in [1.82, 2.24) is 4.98 Å². The van der Waals surface area contributed by atoms with Gasteiger partial charge in [0, 0.05) is 23.8 Å². The highest BCUT2D eigenvalue weighted by atomic mass is 14.9. The van der Waals surface area contributed by atoms with Crippen molar-refractivity contribution in [3.05, 3.63) is 61.1 Å². The van der Waals surface area contributed by atoms with Gasteiger partial charge in [-0.1, -0.05) is 18.7 Å². The Kier molecular flexibility index (Phi) is 4.21. The fraction of sp³-hybridized carbons (Fsp3) is 0.0833. The summed E-state index contributed by atoms with van der Waals surface area (Å²) in [6.45, 7) is 5.64. The summed E-state index contributed by atoms with van der Waals surface area (Å²) < 4.78 is 0. The molecule has 0 aliphatic carbocycles. The minimum atomic E-state index is 1.01. The van der Waals surface area contributed by atoms with Gasteiger partial charge in [0.15, 0.2) is 0 Å². The first kappa shape index (κ1) is 10.3. The molecule has 0 saturated carbocycles.